The Morgan fingerprint density at radius 2 is 1.21 bits per heavy atom. The Morgan fingerprint density at radius 3 is 1.36 bits per heavy atom. The summed E-state index contributed by atoms with van der Waals surface area (Å²) in [5.74, 6) is 0. The molecule has 2 heterocycles. The standard InChI is InChI=1S/C6H12BO2.C2H4BO2/c1-5(2)6(3,4)9-7-8-5;1-2-5-3-4-1/h1-4H3;1-2H2. The zero-order chi connectivity index (χ0) is 10.7. The van der Waals surface area contributed by atoms with E-state index >= 15 is 0 Å². The summed E-state index contributed by atoms with van der Waals surface area (Å²) >= 11 is 0. The van der Waals surface area contributed by atoms with Gasteiger partial charge in [-0.05, 0) is 27.7 Å². The van der Waals surface area contributed by atoms with E-state index in [0.29, 0.717) is 0 Å². The molecule has 0 spiro atoms. The van der Waals surface area contributed by atoms with Crippen LogP contribution in [0.1, 0.15) is 27.7 Å². The Bertz CT molecular complexity index is 159. The van der Waals surface area contributed by atoms with Crippen LogP contribution in [0.25, 0.3) is 0 Å². The summed E-state index contributed by atoms with van der Waals surface area (Å²) in [5.41, 5.74) is -0.375. The lowest BCUT2D eigenvalue weighted by Crippen LogP contribution is -2.41. The van der Waals surface area contributed by atoms with Crippen LogP contribution < -0.4 is 0 Å². The fourth-order valence-corrected chi connectivity index (χ4v) is 0.789. The first-order valence-electron chi connectivity index (χ1n) is 4.68. The average Bonchev–Trinajstić information content (AvgIpc) is 2.64. The third kappa shape index (κ3) is 2.98. The first kappa shape index (κ1) is 12.0. The van der Waals surface area contributed by atoms with Gasteiger partial charge in [-0.1, -0.05) is 0 Å². The maximum absolute atomic E-state index is 5.21. The van der Waals surface area contributed by atoms with Crippen LogP contribution in [-0.4, -0.2) is 39.8 Å². The normalized spacial score (nSPS) is 27.1. The molecular formula is C8H16B2O4. The van der Waals surface area contributed by atoms with Gasteiger partial charge in [-0.25, -0.2) is 0 Å². The Morgan fingerprint density at radius 1 is 0.786 bits per heavy atom. The second-order valence-electron chi connectivity index (χ2n) is 4.19. The summed E-state index contributed by atoms with van der Waals surface area (Å²) in [7, 11) is 2.78. The van der Waals surface area contributed by atoms with Gasteiger partial charge in [-0.3, -0.25) is 0 Å². The van der Waals surface area contributed by atoms with Crippen LogP contribution in [0.3, 0.4) is 0 Å². The molecule has 0 aromatic rings. The first-order chi connectivity index (χ1) is 6.46. The summed E-state index contributed by atoms with van der Waals surface area (Å²) < 4.78 is 19.6. The smallest absolute Gasteiger partial charge is 0.411 e. The van der Waals surface area contributed by atoms with Gasteiger partial charge in [0.15, 0.2) is 0 Å². The quantitative estimate of drug-likeness (QED) is 0.536. The number of rotatable bonds is 0. The molecule has 78 valence electrons. The molecule has 2 rings (SSSR count). The Hall–Kier alpha value is -0.0301. The lowest BCUT2D eigenvalue weighted by atomic mass is 9.90. The predicted octanol–water partition coefficient (Wildman–Crippen LogP) is 0.692. The Balaban J connectivity index is 0.000000165. The SMILES string of the molecule is CC1(C)O[B]OC1(C)C.[B]1OCCO1. The van der Waals surface area contributed by atoms with E-state index in [1.165, 1.54) is 15.4 Å². The second kappa shape index (κ2) is 4.66. The number of hydrogen-bond donors (Lipinski definition) is 0. The van der Waals surface area contributed by atoms with Crippen molar-refractivity contribution < 1.29 is 18.6 Å². The van der Waals surface area contributed by atoms with Gasteiger partial charge < -0.3 is 18.6 Å². The van der Waals surface area contributed by atoms with E-state index < -0.39 is 0 Å². The molecule has 0 atom stereocenters. The molecule has 6 heteroatoms. The van der Waals surface area contributed by atoms with Crippen molar-refractivity contribution in [1.29, 1.82) is 0 Å². The predicted molar refractivity (Wildman–Crippen MR) is 53.7 cm³/mol. The monoisotopic (exact) mass is 198 g/mol. The summed E-state index contributed by atoms with van der Waals surface area (Å²) in [6.07, 6.45) is 0. The average molecular weight is 198 g/mol. The molecule has 14 heavy (non-hydrogen) atoms. The van der Waals surface area contributed by atoms with Gasteiger partial charge in [0.1, 0.15) is 0 Å². The minimum Gasteiger partial charge on any atom is -0.411 e. The van der Waals surface area contributed by atoms with E-state index in [9.17, 15) is 0 Å². The lowest BCUT2D eigenvalue weighted by Gasteiger charge is -2.32. The molecule has 0 unspecified atom stereocenters. The van der Waals surface area contributed by atoms with Crippen molar-refractivity contribution >= 4 is 15.4 Å². The molecule has 0 aliphatic carbocycles. The second-order valence-corrected chi connectivity index (χ2v) is 4.19. The topological polar surface area (TPSA) is 36.9 Å². The molecule has 2 fully saturated rings. The van der Waals surface area contributed by atoms with Crippen LogP contribution in [0, 0.1) is 0 Å². The van der Waals surface area contributed by atoms with Crippen molar-refractivity contribution in [1.82, 2.24) is 0 Å². The van der Waals surface area contributed by atoms with Gasteiger partial charge in [0.05, 0.1) is 24.4 Å². The van der Waals surface area contributed by atoms with E-state index in [1.54, 1.807) is 0 Å². The van der Waals surface area contributed by atoms with Crippen molar-refractivity contribution in [3.8, 4) is 0 Å². The van der Waals surface area contributed by atoms with Crippen LogP contribution >= 0.6 is 0 Å². The summed E-state index contributed by atoms with van der Waals surface area (Å²) in [6.45, 7) is 9.49. The molecule has 0 saturated carbocycles. The highest BCUT2D eigenvalue weighted by molar-refractivity contribution is 6.19. The fourth-order valence-electron chi connectivity index (χ4n) is 0.789. The van der Waals surface area contributed by atoms with Crippen molar-refractivity contribution in [2.75, 3.05) is 13.2 Å². The minimum atomic E-state index is -0.188. The Kier molecular flexibility index (Phi) is 4.01. The maximum atomic E-state index is 5.21. The van der Waals surface area contributed by atoms with Crippen LogP contribution in [0.2, 0.25) is 0 Å². The van der Waals surface area contributed by atoms with Gasteiger partial charge in [0.25, 0.3) is 0 Å². The Labute approximate surface area is 86.9 Å². The maximum Gasteiger partial charge on any atom is 0.488 e. The van der Waals surface area contributed by atoms with Gasteiger partial charge in [0, 0.05) is 0 Å². The molecule has 2 saturated heterocycles. The minimum absolute atomic E-state index is 0.187. The van der Waals surface area contributed by atoms with Crippen molar-refractivity contribution in [2.45, 2.75) is 38.9 Å². The van der Waals surface area contributed by atoms with E-state index in [0.717, 1.165) is 13.2 Å². The van der Waals surface area contributed by atoms with Crippen LogP contribution in [0.15, 0.2) is 0 Å². The molecule has 0 N–H and O–H groups in total. The summed E-state index contributed by atoms with van der Waals surface area (Å²) in [6, 6.07) is 0. The molecule has 2 radical (unpaired) electrons. The zero-order valence-electron chi connectivity index (χ0n) is 9.20. The molecule has 0 aromatic carbocycles. The third-order valence-corrected chi connectivity index (χ3v) is 2.59. The summed E-state index contributed by atoms with van der Waals surface area (Å²) in [5, 5.41) is 0. The van der Waals surface area contributed by atoms with E-state index in [4.69, 9.17) is 9.31 Å². The first-order valence-corrected chi connectivity index (χ1v) is 4.68. The van der Waals surface area contributed by atoms with Crippen LogP contribution in [-0.2, 0) is 18.6 Å². The highest BCUT2D eigenvalue weighted by Gasteiger charge is 2.44. The zero-order valence-corrected chi connectivity index (χ0v) is 9.20. The van der Waals surface area contributed by atoms with Gasteiger partial charge in [0.2, 0.25) is 0 Å². The largest absolute Gasteiger partial charge is 0.488 e. The lowest BCUT2D eigenvalue weighted by molar-refractivity contribution is 0.00578. The molecule has 2 aliphatic rings. The van der Waals surface area contributed by atoms with Crippen molar-refractivity contribution in [2.24, 2.45) is 0 Å². The van der Waals surface area contributed by atoms with E-state index in [1.807, 2.05) is 27.7 Å². The van der Waals surface area contributed by atoms with Crippen LogP contribution in [0.5, 0.6) is 0 Å². The van der Waals surface area contributed by atoms with Gasteiger partial charge in [-0.2, -0.15) is 0 Å². The molecule has 0 bridgehead atoms. The fraction of sp³-hybridized carbons (Fsp3) is 1.00. The van der Waals surface area contributed by atoms with Gasteiger partial charge in [-0.15, -0.1) is 0 Å². The van der Waals surface area contributed by atoms with Crippen molar-refractivity contribution in [3.63, 3.8) is 0 Å². The molecule has 2 aliphatic heterocycles. The van der Waals surface area contributed by atoms with E-state index in [2.05, 4.69) is 9.31 Å². The molecular weight excluding hydrogens is 182 g/mol. The number of hydrogen-bond acceptors (Lipinski definition) is 4. The van der Waals surface area contributed by atoms with E-state index in [-0.39, 0.29) is 11.2 Å². The molecule has 0 amide bonds. The van der Waals surface area contributed by atoms with Crippen molar-refractivity contribution in [3.05, 3.63) is 0 Å². The third-order valence-electron chi connectivity index (χ3n) is 2.59. The summed E-state index contributed by atoms with van der Waals surface area (Å²) in [4.78, 5) is 0. The molecule has 0 aromatic heterocycles. The highest BCUT2D eigenvalue weighted by atomic mass is 16.7. The van der Waals surface area contributed by atoms with Gasteiger partial charge >= 0.3 is 15.4 Å². The molecule has 4 nitrogen and oxygen atoms in total. The van der Waals surface area contributed by atoms with Crippen LogP contribution in [0.4, 0.5) is 0 Å². The highest BCUT2D eigenvalue weighted by Crippen LogP contribution is 2.33.